The molecule has 2 rings (SSSR count). The van der Waals surface area contributed by atoms with Gasteiger partial charge in [-0.05, 0) is 25.5 Å². The van der Waals surface area contributed by atoms with Gasteiger partial charge in [0.2, 0.25) is 0 Å². The number of pyridine rings is 1. The van der Waals surface area contributed by atoms with Crippen LogP contribution in [0.4, 0.5) is 0 Å². The molecule has 0 radical (unpaired) electrons. The number of aryl methyl sites for hydroxylation is 1. The first-order chi connectivity index (χ1) is 9.60. The Kier molecular flexibility index (Phi) is 4.79. The zero-order valence-corrected chi connectivity index (χ0v) is 12.3. The molecule has 0 aliphatic rings. The summed E-state index contributed by atoms with van der Waals surface area (Å²) in [6.45, 7) is 4.08. The molecule has 0 saturated carbocycles. The summed E-state index contributed by atoms with van der Waals surface area (Å²) in [4.78, 5) is 27.6. The van der Waals surface area contributed by atoms with Crippen LogP contribution in [-0.2, 0) is 15.3 Å². The molecule has 106 valence electrons. The monoisotopic (exact) mass is 292 g/mol. The number of nitrogens with zero attached hydrogens (tertiary/aromatic N) is 2. The van der Waals surface area contributed by atoms with Crippen molar-refractivity contribution in [1.29, 1.82) is 0 Å². The predicted octanol–water partition coefficient (Wildman–Crippen LogP) is 1.80. The van der Waals surface area contributed by atoms with E-state index in [2.05, 4.69) is 4.98 Å². The first kappa shape index (κ1) is 14.6. The summed E-state index contributed by atoms with van der Waals surface area (Å²) in [5.74, 6) is 0.534. The summed E-state index contributed by atoms with van der Waals surface area (Å²) in [7, 11) is 0. The van der Waals surface area contributed by atoms with Crippen molar-refractivity contribution in [2.75, 3.05) is 12.4 Å². The second-order valence-electron chi connectivity index (χ2n) is 4.32. The Hall–Kier alpha value is -1.82. The van der Waals surface area contributed by atoms with E-state index in [1.165, 1.54) is 22.2 Å². The average molecular weight is 292 g/mol. The number of hydrogen-bond acceptors (Lipinski definition) is 5. The Morgan fingerprint density at radius 1 is 1.45 bits per heavy atom. The molecule has 0 aliphatic carbocycles. The number of ether oxygens (including phenoxy) is 1. The normalized spacial score (nSPS) is 10.7. The molecule has 2 aromatic rings. The van der Waals surface area contributed by atoms with Gasteiger partial charge in [-0.15, -0.1) is 11.8 Å². The van der Waals surface area contributed by atoms with Crippen molar-refractivity contribution in [3.8, 4) is 0 Å². The predicted molar refractivity (Wildman–Crippen MR) is 79.0 cm³/mol. The third kappa shape index (κ3) is 3.60. The maximum Gasteiger partial charge on any atom is 0.315 e. The fraction of sp³-hybridized carbons (Fsp3) is 0.357. The first-order valence-electron chi connectivity index (χ1n) is 6.32. The van der Waals surface area contributed by atoms with Gasteiger partial charge in [-0.2, -0.15) is 0 Å². The van der Waals surface area contributed by atoms with Crippen LogP contribution in [0.2, 0.25) is 0 Å². The Labute approximate surface area is 121 Å². The highest BCUT2D eigenvalue weighted by atomic mass is 32.2. The second kappa shape index (κ2) is 6.56. The largest absolute Gasteiger partial charge is 0.465 e. The number of fused-ring (bicyclic) bond motifs is 1. The summed E-state index contributed by atoms with van der Waals surface area (Å²) in [5.41, 5.74) is 2.19. The zero-order valence-electron chi connectivity index (χ0n) is 11.5. The molecule has 2 aromatic heterocycles. The molecule has 20 heavy (non-hydrogen) atoms. The Balaban J connectivity index is 2.10. The number of thioether (sulfide) groups is 1. The van der Waals surface area contributed by atoms with Gasteiger partial charge in [0.05, 0.1) is 18.1 Å². The second-order valence-corrected chi connectivity index (χ2v) is 5.30. The van der Waals surface area contributed by atoms with E-state index in [1.807, 2.05) is 19.1 Å². The smallest absolute Gasteiger partial charge is 0.315 e. The van der Waals surface area contributed by atoms with Crippen LogP contribution in [0.1, 0.15) is 18.2 Å². The topological polar surface area (TPSA) is 60.7 Å². The quantitative estimate of drug-likeness (QED) is 0.786. The van der Waals surface area contributed by atoms with Gasteiger partial charge in [-0.25, -0.2) is 4.98 Å². The van der Waals surface area contributed by atoms with E-state index in [4.69, 9.17) is 4.74 Å². The third-order valence-electron chi connectivity index (χ3n) is 2.64. The molecule has 0 bridgehead atoms. The summed E-state index contributed by atoms with van der Waals surface area (Å²) < 4.78 is 6.36. The van der Waals surface area contributed by atoms with Crippen LogP contribution in [0, 0.1) is 6.92 Å². The Bertz CT molecular complexity index is 682. The van der Waals surface area contributed by atoms with E-state index in [9.17, 15) is 9.59 Å². The summed E-state index contributed by atoms with van der Waals surface area (Å²) >= 11 is 1.39. The highest BCUT2D eigenvalue weighted by Crippen LogP contribution is 2.10. The molecule has 2 heterocycles. The lowest BCUT2D eigenvalue weighted by atomic mass is 10.3. The molecule has 6 heteroatoms. The molecule has 0 aliphatic heterocycles. The van der Waals surface area contributed by atoms with E-state index in [-0.39, 0.29) is 17.3 Å². The van der Waals surface area contributed by atoms with Gasteiger partial charge in [-0.1, -0.05) is 6.07 Å². The number of carbonyl (C=O) groups excluding carboxylic acids is 1. The minimum absolute atomic E-state index is 0.106. The Morgan fingerprint density at radius 3 is 3.00 bits per heavy atom. The van der Waals surface area contributed by atoms with Crippen LogP contribution in [-0.4, -0.2) is 27.7 Å². The molecule has 0 aromatic carbocycles. The number of carbonyl (C=O) groups is 1. The summed E-state index contributed by atoms with van der Waals surface area (Å²) in [6.07, 6.45) is 1.76. The van der Waals surface area contributed by atoms with Crippen molar-refractivity contribution in [2.45, 2.75) is 19.6 Å². The highest BCUT2D eigenvalue weighted by molar-refractivity contribution is 7.99. The number of aromatic nitrogens is 2. The van der Waals surface area contributed by atoms with Gasteiger partial charge in [0.25, 0.3) is 5.56 Å². The molecule has 0 atom stereocenters. The minimum Gasteiger partial charge on any atom is -0.465 e. The molecule has 0 saturated heterocycles. The number of rotatable bonds is 5. The molecule has 0 amide bonds. The van der Waals surface area contributed by atoms with Gasteiger partial charge in [0.15, 0.2) is 0 Å². The van der Waals surface area contributed by atoms with Crippen LogP contribution in [0.5, 0.6) is 0 Å². The Morgan fingerprint density at radius 2 is 2.25 bits per heavy atom. The van der Waals surface area contributed by atoms with Crippen molar-refractivity contribution < 1.29 is 9.53 Å². The van der Waals surface area contributed by atoms with Crippen LogP contribution >= 0.6 is 11.8 Å². The molecular formula is C14H16N2O3S. The number of hydrogen-bond donors (Lipinski definition) is 0. The molecule has 0 spiro atoms. The number of esters is 1. The lowest BCUT2D eigenvalue weighted by Gasteiger charge is -2.05. The molecule has 5 nitrogen and oxygen atoms in total. The van der Waals surface area contributed by atoms with E-state index in [0.717, 1.165) is 5.56 Å². The van der Waals surface area contributed by atoms with Gasteiger partial charge >= 0.3 is 5.97 Å². The van der Waals surface area contributed by atoms with Crippen LogP contribution in [0.15, 0.2) is 29.2 Å². The standard InChI is InChI=1S/C14H16N2O3S/c1-3-19-14(18)9-20-8-11-6-13(17)16-7-10(2)4-5-12(16)15-11/h4-7H,3,8-9H2,1-2H3. The SMILES string of the molecule is CCOC(=O)CSCc1cc(=O)n2cc(C)ccc2n1. The maximum absolute atomic E-state index is 12.0. The van der Waals surface area contributed by atoms with Gasteiger partial charge in [0, 0.05) is 18.0 Å². The van der Waals surface area contributed by atoms with Gasteiger partial charge in [-0.3, -0.25) is 14.0 Å². The maximum atomic E-state index is 12.0. The van der Waals surface area contributed by atoms with Crippen molar-refractivity contribution in [1.82, 2.24) is 9.38 Å². The third-order valence-corrected chi connectivity index (χ3v) is 3.58. The highest BCUT2D eigenvalue weighted by Gasteiger charge is 2.05. The van der Waals surface area contributed by atoms with Gasteiger partial charge < -0.3 is 4.74 Å². The van der Waals surface area contributed by atoms with Gasteiger partial charge in [0.1, 0.15) is 5.65 Å². The van der Waals surface area contributed by atoms with E-state index < -0.39 is 0 Å². The first-order valence-corrected chi connectivity index (χ1v) is 7.48. The van der Waals surface area contributed by atoms with E-state index in [0.29, 0.717) is 23.7 Å². The van der Waals surface area contributed by atoms with E-state index in [1.54, 1.807) is 13.1 Å². The minimum atomic E-state index is -0.245. The average Bonchev–Trinajstić information content (AvgIpc) is 2.40. The van der Waals surface area contributed by atoms with Crippen LogP contribution in [0.25, 0.3) is 5.65 Å². The lowest BCUT2D eigenvalue weighted by molar-refractivity contribution is -0.139. The van der Waals surface area contributed by atoms with Crippen molar-refractivity contribution >= 4 is 23.4 Å². The zero-order chi connectivity index (χ0) is 14.5. The van der Waals surface area contributed by atoms with Crippen LogP contribution < -0.4 is 5.56 Å². The van der Waals surface area contributed by atoms with E-state index >= 15 is 0 Å². The van der Waals surface area contributed by atoms with Crippen molar-refractivity contribution in [3.05, 3.63) is 46.0 Å². The molecule has 0 fully saturated rings. The lowest BCUT2D eigenvalue weighted by Crippen LogP contribution is -2.15. The fourth-order valence-corrected chi connectivity index (χ4v) is 2.48. The van der Waals surface area contributed by atoms with Crippen molar-refractivity contribution in [3.63, 3.8) is 0 Å². The molecule has 0 unspecified atom stereocenters. The van der Waals surface area contributed by atoms with Crippen LogP contribution in [0.3, 0.4) is 0 Å². The molecular weight excluding hydrogens is 276 g/mol. The fourth-order valence-electron chi connectivity index (χ4n) is 1.77. The molecule has 0 N–H and O–H groups in total. The summed E-state index contributed by atoms with van der Waals surface area (Å²) in [6, 6.07) is 5.23. The summed E-state index contributed by atoms with van der Waals surface area (Å²) in [5, 5.41) is 0. The van der Waals surface area contributed by atoms with Crippen molar-refractivity contribution in [2.24, 2.45) is 0 Å².